The summed E-state index contributed by atoms with van der Waals surface area (Å²) in [6.45, 7) is 4.87. The van der Waals surface area contributed by atoms with E-state index in [9.17, 15) is 18.0 Å². The SMILES string of the molecule is CCCNC(=O)C(Cc1ccccc1)N(Cc1cccc(C)c1)C(=O)CCCN(c1cccc(OC)c1)S(C)(=O)=O. The van der Waals surface area contributed by atoms with Gasteiger partial charge in [0.25, 0.3) is 0 Å². The first-order chi connectivity index (χ1) is 19.6. The third kappa shape index (κ3) is 9.63. The Morgan fingerprint density at radius 2 is 1.66 bits per heavy atom. The van der Waals surface area contributed by atoms with Crippen LogP contribution < -0.4 is 14.4 Å². The number of nitrogens with one attached hydrogen (secondary N) is 1. The molecular weight excluding hydrogens is 538 g/mol. The Labute approximate surface area is 244 Å². The fourth-order valence-corrected chi connectivity index (χ4v) is 5.65. The van der Waals surface area contributed by atoms with Crippen LogP contribution in [0.3, 0.4) is 0 Å². The first-order valence-corrected chi connectivity index (χ1v) is 15.8. The van der Waals surface area contributed by atoms with Crippen molar-refractivity contribution in [2.24, 2.45) is 0 Å². The summed E-state index contributed by atoms with van der Waals surface area (Å²) in [7, 11) is -2.08. The molecule has 0 saturated carbocycles. The maximum Gasteiger partial charge on any atom is 0.243 e. The van der Waals surface area contributed by atoms with Gasteiger partial charge in [-0.25, -0.2) is 8.42 Å². The van der Waals surface area contributed by atoms with Crippen LogP contribution in [0.15, 0.2) is 78.9 Å². The van der Waals surface area contributed by atoms with Crippen LogP contribution in [0.1, 0.15) is 42.9 Å². The molecule has 3 aromatic rings. The Kier molecular flexibility index (Phi) is 11.8. The number of benzene rings is 3. The summed E-state index contributed by atoms with van der Waals surface area (Å²) in [4.78, 5) is 29.0. The lowest BCUT2D eigenvalue weighted by Crippen LogP contribution is -2.50. The first-order valence-electron chi connectivity index (χ1n) is 13.9. The van der Waals surface area contributed by atoms with Gasteiger partial charge in [-0.1, -0.05) is 73.2 Å². The fraction of sp³-hybridized carbons (Fsp3) is 0.375. The standard InChI is InChI=1S/C32H41N3O5S/c1-5-19-33-32(37)30(22-26-13-7-6-8-14-26)34(24-27-15-9-12-25(2)21-27)31(36)18-11-20-35(41(4,38)39)28-16-10-17-29(23-28)40-3/h6-10,12-17,21,23,30H,5,11,18-20,22,24H2,1-4H3,(H,33,37). The molecular formula is C32H41N3O5S. The number of carbonyl (C=O) groups excluding carboxylic acids is 2. The van der Waals surface area contributed by atoms with Crippen LogP contribution in [-0.2, 0) is 32.6 Å². The second-order valence-corrected chi connectivity index (χ2v) is 12.1. The zero-order valence-electron chi connectivity index (χ0n) is 24.4. The zero-order chi connectivity index (χ0) is 29.8. The summed E-state index contributed by atoms with van der Waals surface area (Å²) in [6.07, 6.45) is 2.65. The van der Waals surface area contributed by atoms with Crippen molar-refractivity contribution in [1.82, 2.24) is 10.2 Å². The van der Waals surface area contributed by atoms with Gasteiger partial charge in [-0.2, -0.15) is 0 Å². The number of rotatable bonds is 15. The molecule has 0 aliphatic heterocycles. The summed E-state index contributed by atoms with van der Waals surface area (Å²) >= 11 is 0. The molecule has 1 unspecified atom stereocenters. The zero-order valence-corrected chi connectivity index (χ0v) is 25.2. The van der Waals surface area contributed by atoms with Crippen LogP contribution in [0.25, 0.3) is 0 Å². The van der Waals surface area contributed by atoms with Gasteiger partial charge < -0.3 is 15.0 Å². The van der Waals surface area contributed by atoms with Crippen LogP contribution in [0.4, 0.5) is 5.69 Å². The van der Waals surface area contributed by atoms with E-state index in [2.05, 4.69) is 5.32 Å². The van der Waals surface area contributed by atoms with Gasteiger partial charge in [0.1, 0.15) is 11.8 Å². The summed E-state index contributed by atoms with van der Waals surface area (Å²) < 4.78 is 31.8. The van der Waals surface area contributed by atoms with Gasteiger partial charge in [-0.3, -0.25) is 13.9 Å². The van der Waals surface area contributed by atoms with Gasteiger partial charge in [0.2, 0.25) is 21.8 Å². The molecule has 0 fully saturated rings. The Bertz CT molecular complexity index is 1400. The predicted molar refractivity (Wildman–Crippen MR) is 163 cm³/mol. The average molecular weight is 580 g/mol. The highest BCUT2D eigenvalue weighted by atomic mass is 32.2. The second-order valence-electron chi connectivity index (χ2n) is 10.1. The van der Waals surface area contributed by atoms with E-state index in [-0.39, 0.29) is 37.7 Å². The lowest BCUT2D eigenvalue weighted by atomic mass is 10.0. The molecule has 41 heavy (non-hydrogen) atoms. The molecule has 0 saturated heterocycles. The van der Waals surface area contributed by atoms with Gasteiger partial charge in [-0.05, 0) is 43.0 Å². The van der Waals surface area contributed by atoms with Gasteiger partial charge >= 0.3 is 0 Å². The molecule has 1 atom stereocenters. The van der Waals surface area contributed by atoms with Crippen molar-refractivity contribution in [2.45, 2.75) is 52.1 Å². The molecule has 0 aliphatic carbocycles. The number of nitrogens with zero attached hydrogens (tertiary/aromatic N) is 2. The van der Waals surface area contributed by atoms with Gasteiger partial charge in [0, 0.05) is 38.5 Å². The number of ether oxygens (including phenoxy) is 1. The molecule has 1 N–H and O–H groups in total. The molecule has 0 aromatic heterocycles. The second kappa shape index (κ2) is 15.2. The molecule has 0 aliphatic rings. The Morgan fingerprint density at radius 1 is 0.951 bits per heavy atom. The number of carbonyl (C=O) groups is 2. The minimum atomic E-state index is -3.61. The maximum absolute atomic E-state index is 13.9. The molecule has 2 amide bonds. The molecule has 220 valence electrons. The van der Waals surface area contributed by atoms with E-state index in [1.807, 2.05) is 68.4 Å². The summed E-state index contributed by atoms with van der Waals surface area (Å²) in [6, 6.07) is 23.6. The number of methoxy groups -OCH3 is 1. The van der Waals surface area contributed by atoms with Gasteiger partial charge in [0.05, 0.1) is 19.1 Å². The molecule has 0 spiro atoms. The Balaban J connectivity index is 1.87. The van der Waals surface area contributed by atoms with Crippen molar-refractivity contribution in [2.75, 3.05) is 30.8 Å². The monoisotopic (exact) mass is 579 g/mol. The first kappa shape index (κ1) is 31.7. The number of amides is 2. The fourth-order valence-electron chi connectivity index (χ4n) is 4.70. The summed E-state index contributed by atoms with van der Waals surface area (Å²) in [5, 5.41) is 2.98. The van der Waals surface area contributed by atoms with E-state index in [0.717, 1.165) is 29.4 Å². The molecule has 3 aromatic carbocycles. The topological polar surface area (TPSA) is 96.0 Å². The average Bonchev–Trinajstić information content (AvgIpc) is 2.95. The van der Waals surface area contributed by atoms with Crippen LogP contribution >= 0.6 is 0 Å². The smallest absolute Gasteiger partial charge is 0.243 e. The lowest BCUT2D eigenvalue weighted by molar-refractivity contribution is -0.141. The van der Waals surface area contributed by atoms with Crippen molar-refractivity contribution < 1.29 is 22.7 Å². The molecule has 0 radical (unpaired) electrons. The van der Waals surface area contributed by atoms with Gasteiger partial charge in [0.15, 0.2) is 0 Å². The summed E-state index contributed by atoms with van der Waals surface area (Å²) in [5.74, 6) is 0.127. The van der Waals surface area contributed by atoms with Crippen LogP contribution in [0.5, 0.6) is 5.75 Å². The third-order valence-electron chi connectivity index (χ3n) is 6.75. The predicted octanol–water partition coefficient (Wildman–Crippen LogP) is 4.72. The van der Waals surface area contributed by atoms with Crippen LogP contribution in [0.2, 0.25) is 0 Å². The van der Waals surface area contributed by atoms with Crippen molar-refractivity contribution >= 4 is 27.5 Å². The number of hydrogen-bond donors (Lipinski definition) is 1. The van der Waals surface area contributed by atoms with E-state index in [1.54, 1.807) is 29.2 Å². The number of sulfonamides is 1. The van der Waals surface area contributed by atoms with E-state index in [4.69, 9.17) is 4.74 Å². The molecule has 3 rings (SSSR count). The van der Waals surface area contributed by atoms with E-state index in [1.165, 1.54) is 11.4 Å². The molecule has 0 heterocycles. The maximum atomic E-state index is 13.9. The normalized spacial score (nSPS) is 11.9. The summed E-state index contributed by atoms with van der Waals surface area (Å²) in [5.41, 5.74) is 3.41. The van der Waals surface area contributed by atoms with Crippen molar-refractivity contribution in [3.63, 3.8) is 0 Å². The lowest BCUT2D eigenvalue weighted by Gasteiger charge is -2.32. The third-order valence-corrected chi connectivity index (χ3v) is 7.94. The highest BCUT2D eigenvalue weighted by Crippen LogP contribution is 2.24. The molecule has 9 heteroatoms. The van der Waals surface area contributed by atoms with Gasteiger partial charge in [-0.15, -0.1) is 0 Å². The minimum absolute atomic E-state index is 0.0775. The largest absolute Gasteiger partial charge is 0.497 e. The van der Waals surface area contributed by atoms with E-state index >= 15 is 0 Å². The Morgan fingerprint density at radius 3 is 2.32 bits per heavy atom. The highest BCUT2D eigenvalue weighted by Gasteiger charge is 2.30. The minimum Gasteiger partial charge on any atom is -0.497 e. The Hall–Kier alpha value is -3.85. The quantitative estimate of drug-likeness (QED) is 0.281. The highest BCUT2D eigenvalue weighted by molar-refractivity contribution is 7.92. The van der Waals surface area contributed by atoms with Crippen LogP contribution in [-0.4, -0.2) is 57.6 Å². The van der Waals surface area contributed by atoms with Crippen molar-refractivity contribution in [3.05, 3.63) is 95.6 Å². The number of hydrogen-bond acceptors (Lipinski definition) is 5. The van der Waals surface area contributed by atoms with Crippen LogP contribution in [0, 0.1) is 6.92 Å². The number of aryl methyl sites for hydroxylation is 1. The van der Waals surface area contributed by atoms with Crippen molar-refractivity contribution in [3.8, 4) is 5.75 Å². The molecule has 8 nitrogen and oxygen atoms in total. The number of anilines is 1. The van der Waals surface area contributed by atoms with Crippen molar-refractivity contribution in [1.29, 1.82) is 0 Å². The molecule has 0 bridgehead atoms. The van der Waals surface area contributed by atoms with E-state index < -0.39 is 16.1 Å². The van der Waals surface area contributed by atoms with E-state index in [0.29, 0.717) is 24.4 Å².